The molecule has 0 aliphatic rings. The van der Waals surface area contributed by atoms with E-state index in [4.69, 9.17) is 0 Å². The third kappa shape index (κ3) is 1.77. The number of aliphatic hydroxyl groups excluding tert-OH is 1. The molecule has 68 valence electrons. The minimum atomic E-state index is -0.613. The minimum absolute atomic E-state index is 0.613. The molecule has 0 saturated heterocycles. The monoisotopic (exact) mass is 212 g/mol. The Hall–Kier alpha value is -0.780. The van der Waals surface area contributed by atoms with Crippen LogP contribution in [0.15, 0.2) is 17.6 Å². The smallest absolute Gasteiger partial charge is 0.133 e. The Labute approximate surface area is 83.9 Å². The van der Waals surface area contributed by atoms with Gasteiger partial charge in [-0.1, -0.05) is 0 Å². The predicted octanol–water partition coefficient (Wildman–Crippen LogP) is 1.99. The molecule has 1 N–H and O–H groups in total. The summed E-state index contributed by atoms with van der Waals surface area (Å²) in [6.07, 6.45) is 1.08. The Balaban J connectivity index is 2.28. The summed E-state index contributed by atoms with van der Waals surface area (Å²) in [6, 6.07) is 1.82. The highest BCUT2D eigenvalue weighted by atomic mass is 32.1. The second-order valence-electron chi connectivity index (χ2n) is 2.61. The molecule has 2 aromatic heterocycles. The van der Waals surface area contributed by atoms with E-state index in [1.807, 2.05) is 18.4 Å². The van der Waals surface area contributed by atoms with Crippen molar-refractivity contribution in [2.75, 3.05) is 0 Å². The third-order valence-electron chi connectivity index (χ3n) is 1.65. The maximum Gasteiger partial charge on any atom is 0.133 e. The standard InChI is InChI=1S/C8H8N2OS2/c1-5-9-4-7(13-5)8(11)6-2-3-12-10-6/h2-4,8,11H,1H3. The van der Waals surface area contributed by atoms with Gasteiger partial charge in [-0.3, -0.25) is 0 Å². The number of aromatic nitrogens is 2. The van der Waals surface area contributed by atoms with Gasteiger partial charge in [0.05, 0.1) is 15.6 Å². The van der Waals surface area contributed by atoms with Gasteiger partial charge in [0.25, 0.3) is 0 Å². The second kappa shape index (κ2) is 3.53. The molecule has 0 aliphatic heterocycles. The van der Waals surface area contributed by atoms with E-state index in [2.05, 4.69) is 9.36 Å². The van der Waals surface area contributed by atoms with Gasteiger partial charge in [0, 0.05) is 11.6 Å². The fourth-order valence-electron chi connectivity index (χ4n) is 1.01. The topological polar surface area (TPSA) is 46.0 Å². The molecule has 0 aliphatic carbocycles. The van der Waals surface area contributed by atoms with E-state index in [1.165, 1.54) is 22.9 Å². The summed E-state index contributed by atoms with van der Waals surface area (Å²) in [5, 5.41) is 12.6. The quantitative estimate of drug-likeness (QED) is 0.828. The Morgan fingerprint density at radius 2 is 2.38 bits per heavy atom. The second-order valence-corrected chi connectivity index (χ2v) is 4.54. The zero-order chi connectivity index (χ0) is 9.26. The van der Waals surface area contributed by atoms with E-state index in [-0.39, 0.29) is 0 Å². The lowest BCUT2D eigenvalue weighted by atomic mass is 10.2. The average Bonchev–Trinajstić information content (AvgIpc) is 2.72. The van der Waals surface area contributed by atoms with Crippen molar-refractivity contribution in [3.63, 3.8) is 0 Å². The van der Waals surface area contributed by atoms with Crippen LogP contribution in [0, 0.1) is 6.92 Å². The average molecular weight is 212 g/mol. The van der Waals surface area contributed by atoms with E-state index in [9.17, 15) is 5.11 Å². The highest BCUT2D eigenvalue weighted by molar-refractivity contribution is 7.11. The van der Waals surface area contributed by atoms with Crippen LogP contribution in [-0.4, -0.2) is 14.5 Å². The van der Waals surface area contributed by atoms with Gasteiger partial charge in [-0.25, -0.2) is 4.98 Å². The van der Waals surface area contributed by atoms with Crippen LogP contribution in [0.5, 0.6) is 0 Å². The fourth-order valence-corrected chi connectivity index (χ4v) is 2.34. The van der Waals surface area contributed by atoms with Crippen molar-refractivity contribution in [3.05, 3.63) is 33.2 Å². The number of hydrogen-bond donors (Lipinski definition) is 1. The molecular weight excluding hydrogens is 204 g/mol. The van der Waals surface area contributed by atoms with Gasteiger partial charge in [-0.05, 0) is 24.5 Å². The van der Waals surface area contributed by atoms with Crippen LogP contribution in [0.3, 0.4) is 0 Å². The van der Waals surface area contributed by atoms with Crippen LogP contribution < -0.4 is 0 Å². The minimum Gasteiger partial charge on any atom is -0.381 e. The number of aliphatic hydroxyl groups is 1. The van der Waals surface area contributed by atoms with Gasteiger partial charge >= 0.3 is 0 Å². The molecule has 2 rings (SSSR count). The summed E-state index contributed by atoms with van der Waals surface area (Å²) in [4.78, 5) is 4.93. The molecule has 1 atom stereocenters. The van der Waals surface area contributed by atoms with Gasteiger partial charge in [0.1, 0.15) is 6.10 Å². The first kappa shape index (κ1) is 8.80. The maximum absolute atomic E-state index is 9.81. The van der Waals surface area contributed by atoms with E-state index < -0.39 is 6.10 Å². The van der Waals surface area contributed by atoms with Crippen LogP contribution in [0.1, 0.15) is 21.7 Å². The fraction of sp³-hybridized carbons (Fsp3) is 0.250. The SMILES string of the molecule is Cc1ncc(C(O)c2ccsn2)s1. The maximum atomic E-state index is 9.81. The van der Waals surface area contributed by atoms with Gasteiger partial charge < -0.3 is 5.11 Å². The summed E-state index contributed by atoms with van der Waals surface area (Å²) in [7, 11) is 0. The molecule has 5 heteroatoms. The van der Waals surface area contributed by atoms with E-state index in [1.54, 1.807) is 6.20 Å². The molecule has 13 heavy (non-hydrogen) atoms. The molecule has 0 amide bonds. The first-order chi connectivity index (χ1) is 6.27. The van der Waals surface area contributed by atoms with Gasteiger partial charge in [-0.15, -0.1) is 11.3 Å². The zero-order valence-corrected chi connectivity index (χ0v) is 8.60. The molecule has 0 saturated carbocycles. The van der Waals surface area contributed by atoms with Crippen molar-refractivity contribution < 1.29 is 5.11 Å². The number of thiazole rings is 1. The summed E-state index contributed by atoms with van der Waals surface area (Å²) >= 11 is 2.84. The summed E-state index contributed by atoms with van der Waals surface area (Å²) in [5.41, 5.74) is 0.702. The van der Waals surface area contributed by atoms with Crippen molar-refractivity contribution in [3.8, 4) is 0 Å². The van der Waals surface area contributed by atoms with Crippen LogP contribution in [0.25, 0.3) is 0 Å². The molecule has 3 nitrogen and oxygen atoms in total. The lowest BCUT2D eigenvalue weighted by Gasteiger charge is -2.02. The third-order valence-corrected chi connectivity index (χ3v) is 3.19. The molecule has 0 bridgehead atoms. The van der Waals surface area contributed by atoms with Crippen LogP contribution in [0.2, 0.25) is 0 Å². The highest BCUT2D eigenvalue weighted by Gasteiger charge is 2.14. The Kier molecular flexibility index (Phi) is 2.39. The molecule has 1 unspecified atom stereocenters. The van der Waals surface area contributed by atoms with Crippen LogP contribution in [-0.2, 0) is 0 Å². The van der Waals surface area contributed by atoms with Crippen LogP contribution >= 0.6 is 22.9 Å². The van der Waals surface area contributed by atoms with Crippen molar-refractivity contribution in [1.82, 2.24) is 9.36 Å². The predicted molar refractivity (Wildman–Crippen MR) is 53.0 cm³/mol. The number of rotatable bonds is 2. The molecular formula is C8H8N2OS2. The number of nitrogens with zero attached hydrogens (tertiary/aromatic N) is 2. The normalized spacial score (nSPS) is 13.1. The first-order valence-corrected chi connectivity index (χ1v) is 5.43. The summed E-state index contributed by atoms with van der Waals surface area (Å²) in [5.74, 6) is 0. The van der Waals surface area contributed by atoms with E-state index in [0.29, 0.717) is 5.69 Å². The molecule has 0 spiro atoms. The number of hydrogen-bond acceptors (Lipinski definition) is 5. The zero-order valence-electron chi connectivity index (χ0n) is 6.97. The molecule has 0 fully saturated rings. The Morgan fingerprint density at radius 3 is 2.92 bits per heavy atom. The molecule has 0 radical (unpaired) electrons. The molecule has 2 aromatic rings. The number of aryl methyl sites for hydroxylation is 1. The Morgan fingerprint density at radius 1 is 1.54 bits per heavy atom. The van der Waals surface area contributed by atoms with Crippen molar-refractivity contribution in [1.29, 1.82) is 0 Å². The van der Waals surface area contributed by atoms with Crippen molar-refractivity contribution in [2.45, 2.75) is 13.0 Å². The largest absolute Gasteiger partial charge is 0.381 e. The van der Waals surface area contributed by atoms with Crippen molar-refractivity contribution in [2.24, 2.45) is 0 Å². The molecule has 0 aromatic carbocycles. The van der Waals surface area contributed by atoms with Crippen LogP contribution in [0.4, 0.5) is 0 Å². The Bertz CT molecular complexity index is 383. The van der Waals surface area contributed by atoms with Crippen molar-refractivity contribution >= 4 is 22.9 Å². The highest BCUT2D eigenvalue weighted by Crippen LogP contribution is 2.25. The summed E-state index contributed by atoms with van der Waals surface area (Å²) in [6.45, 7) is 1.92. The lowest BCUT2D eigenvalue weighted by molar-refractivity contribution is 0.220. The van der Waals surface area contributed by atoms with Gasteiger partial charge in [-0.2, -0.15) is 4.37 Å². The molecule has 2 heterocycles. The lowest BCUT2D eigenvalue weighted by Crippen LogP contribution is -1.96. The summed E-state index contributed by atoms with van der Waals surface area (Å²) < 4.78 is 4.07. The first-order valence-electron chi connectivity index (χ1n) is 3.78. The van der Waals surface area contributed by atoms with Gasteiger partial charge in [0.2, 0.25) is 0 Å². The van der Waals surface area contributed by atoms with E-state index >= 15 is 0 Å². The van der Waals surface area contributed by atoms with Gasteiger partial charge in [0.15, 0.2) is 0 Å². The van der Waals surface area contributed by atoms with E-state index in [0.717, 1.165) is 9.88 Å².